The molecule has 1 aliphatic carbocycles. The van der Waals surface area contributed by atoms with E-state index in [0.717, 1.165) is 41.6 Å². The molecule has 1 aromatic carbocycles. The van der Waals surface area contributed by atoms with Crippen molar-refractivity contribution >= 4 is 28.9 Å². The summed E-state index contributed by atoms with van der Waals surface area (Å²) >= 11 is 0. The maximum Gasteiger partial charge on any atom is 0.162 e. The van der Waals surface area contributed by atoms with E-state index >= 15 is 0 Å². The van der Waals surface area contributed by atoms with E-state index in [9.17, 15) is 9.59 Å². The number of ether oxygens (including phenoxy) is 1. The maximum atomic E-state index is 12.4. The van der Waals surface area contributed by atoms with E-state index < -0.39 is 0 Å². The summed E-state index contributed by atoms with van der Waals surface area (Å²) in [6.45, 7) is 3.79. The second kappa shape index (κ2) is 9.60. The van der Waals surface area contributed by atoms with Crippen LogP contribution in [0, 0.1) is 5.92 Å². The molecule has 0 amide bonds. The SMILES string of the molecule is COc1cc(N(C)Cc2ccccn2)c(/C(=C\C=O)C2CC2)cc1C(C(C)=O)=C(C)N. The van der Waals surface area contributed by atoms with Crippen molar-refractivity contribution in [3.63, 3.8) is 0 Å². The number of nitrogens with zero attached hydrogens (tertiary/aromatic N) is 2. The number of allylic oxidation sites excluding steroid dienone is 4. The van der Waals surface area contributed by atoms with Crippen molar-refractivity contribution in [2.75, 3.05) is 19.1 Å². The van der Waals surface area contributed by atoms with Gasteiger partial charge in [0.05, 0.1) is 19.3 Å². The number of Topliss-reactive ketones (excluding diaryl/α,β-unsaturated/α-hetero) is 1. The van der Waals surface area contributed by atoms with Crippen molar-refractivity contribution in [2.45, 2.75) is 33.2 Å². The number of hydrogen-bond acceptors (Lipinski definition) is 6. The largest absolute Gasteiger partial charge is 0.496 e. The number of methoxy groups -OCH3 is 1. The van der Waals surface area contributed by atoms with Crippen molar-refractivity contribution in [3.05, 3.63) is 65.1 Å². The molecular weight excluding hydrogens is 390 g/mol. The minimum atomic E-state index is -0.133. The normalized spacial score (nSPS) is 14.6. The first-order valence-electron chi connectivity index (χ1n) is 10.3. The molecule has 1 heterocycles. The number of ketones is 1. The minimum Gasteiger partial charge on any atom is -0.496 e. The summed E-state index contributed by atoms with van der Waals surface area (Å²) in [6, 6.07) is 9.66. The van der Waals surface area contributed by atoms with Crippen LogP contribution in [0.1, 0.15) is 43.5 Å². The topological polar surface area (TPSA) is 85.5 Å². The molecule has 0 unspecified atom stereocenters. The van der Waals surface area contributed by atoms with Crippen LogP contribution >= 0.6 is 0 Å². The van der Waals surface area contributed by atoms with Crippen LogP contribution in [-0.4, -0.2) is 31.2 Å². The fourth-order valence-electron chi connectivity index (χ4n) is 3.89. The zero-order valence-corrected chi connectivity index (χ0v) is 18.5. The van der Waals surface area contributed by atoms with E-state index in [2.05, 4.69) is 9.88 Å². The lowest BCUT2D eigenvalue weighted by Crippen LogP contribution is -2.19. The van der Waals surface area contributed by atoms with Crippen LogP contribution in [0.15, 0.2) is 48.3 Å². The third-order valence-corrected chi connectivity index (χ3v) is 5.45. The van der Waals surface area contributed by atoms with Crippen molar-refractivity contribution in [3.8, 4) is 5.75 Å². The molecule has 0 bridgehead atoms. The van der Waals surface area contributed by atoms with E-state index in [4.69, 9.17) is 10.5 Å². The van der Waals surface area contributed by atoms with E-state index in [1.165, 1.54) is 6.92 Å². The number of aldehydes is 1. The molecule has 31 heavy (non-hydrogen) atoms. The Kier molecular flexibility index (Phi) is 6.90. The molecule has 6 heteroatoms. The number of hydrogen-bond donors (Lipinski definition) is 1. The lowest BCUT2D eigenvalue weighted by Gasteiger charge is -2.26. The van der Waals surface area contributed by atoms with Crippen LogP contribution in [-0.2, 0) is 16.1 Å². The lowest BCUT2D eigenvalue weighted by molar-refractivity contribution is -0.111. The number of rotatable bonds is 9. The first kappa shape index (κ1) is 22.3. The van der Waals surface area contributed by atoms with Crippen molar-refractivity contribution in [1.82, 2.24) is 4.98 Å². The van der Waals surface area contributed by atoms with Gasteiger partial charge < -0.3 is 15.4 Å². The molecule has 1 aromatic heterocycles. The Morgan fingerprint density at radius 1 is 1.26 bits per heavy atom. The minimum absolute atomic E-state index is 0.133. The summed E-state index contributed by atoms with van der Waals surface area (Å²) in [7, 11) is 3.56. The summed E-state index contributed by atoms with van der Waals surface area (Å²) in [5.41, 5.74) is 11.3. The van der Waals surface area contributed by atoms with Gasteiger partial charge in [-0.2, -0.15) is 0 Å². The van der Waals surface area contributed by atoms with Crippen LogP contribution in [0.4, 0.5) is 5.69 Å². The molecule has 0 radical (unpaired) electrons. The highest BCUT2D eigenvalue weighted by molar-refractivity contribution is 6.21. The van der Waals surface area contributed by atoms with Crippen LogP contribution in [0.5, 0.6) is 5.75 Å². The summed E-state index contributed by atoms with van der Waals surface area (Å²) in [6.07, 6.45) is 6.30. The Bertz CT molecular complexity index is 1030. The van der Waals surface area contributed by atoms with Crippen molar-refractivity contribution in [1.29, 1.82) is 0 Å². The molecular formula is C25H29N3O3. The predicted octanol–water partition coefficient (Wildman–Crippen LogP) is 4.00. The standard InChI is InChI=1S/C25H29N3O3/c1-16(26)25(17(2)30)22-13-21(20(10-12-29)18-8-9-18)23(14-24(22)31-4)28(3)15-19-7-5-6-11-27-19/h5-7,10-14,18H,8-9,15,26H2,1-4H3/b20-10-,25-16?. The molecule has 162 valence electrons. The molecule has 1 fully saturated rings. The first-order chi connectivity index (χ1) is 14.9. The second-order valence-electron chi connectivity index (χ2n) is 7.89. The number of pyridine rings is 1. The third-order valence-electron chi connectivity index (χ3n) is 5.45. The van der Waals surface area contributed by atoms with Gasteiger partial charge in [0.2, 0.25) is 0 Å². The van der Waals surface area contributed by atoms with E-state index in [0.29, 0.717) is 35.0 Å². The van der Waals surface area contributed by atoms with Gasteiger partial charge in [0.1, 0.15) is 12.0 Å². The Morgan fingerprint density at radius 3 is 2.52 bits per heavy atom. The lowest BCUT2D eigenvalue weighted by atomic mass is 9.91. The quantitative estimate of drug-likeness (QED) is 0.488. The first-order valence-corrected chi connectivity index (χ1v) is 10.3. The summed E-state index contributed by atoms with van der Waals surface area (Å²) in [5.74, 6) is 0.756. The highest BCUT2D eigenvalue weighted by Crippen LogP contribution is 2.47. The Hall–Kier alpha value is -3.41. The van der Waals surface area contributed by atoms with Crippen LogP contribution < -0.4 is 15.4 Å². The number of carbonyl (C=O) groups excluding carboxylic acids is 2. The van der Waals surface area contributed by atoms with Gasteiger partial charge in [-0.05, 0) is 62.5 Å². The number of benzene rings is 1. The van der Waals surface area contributed by atoms with E-state index in [1.54, 1.807) is 26.3 Å². The number of nitrogens with two attached hydrogens (primary N) is 1. The zero-order valence-electron chi connectivity index (χ0n) is 18.5. The van der Waals surface area contributed by atoms with Gasteiger partial charge >= 0.3 is 0 Å². The number of aromatic nitrogens is 1. The molecule has 0 aliphatic heterocycles. The molecule has 2 aromatic rings. The average Bonchev–Trinajstić information content (AvgIpc) is 3.57. The molecule has 1 aliphatic rings. The fourth-order valence-corrected chi connectivity index (χ4v) is 3.89. The maximum absolute atomic E-state index is 12.4. The van der Waals surface area contributed by atoms with E-state index in [1.807, 2.05) is 37.4 Å². The molecule has 0 saturated heterocycles. The zero-order chi connectivity index (χ0) is 22.5. The van der Waals surface area contributed by atoms with Crippen LogP contribution in [0.25, 0.3) is 11.1 Å². The molecule has 2 N–H and O–H groups in total. The average molecular weight is 420 g/mol. The molecule has 3 rings (SSSR count). The molecule has 0 spiro atoms. The van der Waals surface area contributed by atoms with Gasteiger partial charge in [0.25, 0.3) is 0 Å². The van der Waals surface area contributed by atoms with Crippen LogP contribution in [0.2, 0.25) is 0 Å². The molecule has 6 nitrogen and oxygen atoms in total. The Labute approximate surface area is 183 Å². The van der Waals surface area contributed by atoms with Gasteiger partial charge in [-0.15, -0.1) is 0 Å². The molecule has 1 saturated carbocycles. The number of anilines is 1. The highest BCUT2D eigenvalue weighted by Gasteiger charge is 2.30. The fraction of sp³-hybridized carbons (Fsp3) is 0.320. The van der Waals surface area contributed by atoms with E-state index in [-0.39, 0.29) is 5.78 Å². The third kappa shape index (κ3) is 5.02. The smallest absolute Gasteiger partial charge is 0.162 e. The Balaban J connectivity index is 2.21. The van der Waals surface area contributed by atoms with Gasteiger partial charge in [0.15, 0.2) is 5.78 Å². The second-order valence-corrected chi connectivity index (χ2v) is 7.89. The summed E-state index contributed by atoms with van der Waals surface area (Å²) in [5, 5.41) is 0. The van der Waals surface area contributed by atoms with Crippen molar-refractivity contribution < 1.29 is 14.3 Å². The highest BCUT2D eigenvalue weighted by atomic mass is 16.5. The van der Waals surface area contributed by atoms with Gasteiger partial charge in [0, 0.05) is 47.4 Å². The predicted molar refractivity (Wildman–Crippen MR) is 124 cm³/mol. The van der Waals surface area contributed by atoms with Crippen molar-refractivity contribution in [2.24, 2.45) is 11.7 Å². The number of carbonyl (C=O) groups is 2. The Morgan fingerprint density at radius 2 is 2.00 bits per heavy atom. The summed E-state index contributed by atoms with van der Waals surface area (Å²) < 4.78 is 5.67. The van der Waals surface area contributed by atoms with Crippen LogP contribution in [0.3, 0.4) is 0 Å². The van der Waals surface area contributed by atoms with Gasteiger partial charge in [-0.1, -0.05) is 6.07 Å². The summed E-state index contributed by atoms with van der Waals surface area (Å²) in [4.78, 5) is 30.3. The van der Waals surface area contributed by atoms with Gasteiger partial charge in [-0.25, -0.2) is 0 Å². The van der Waals surface area contributed by atoms with Gasteiger partial charge in [-0.3, -0.25) is 14.6 Å². The monoisotopic (exact) mass is 419 g/mol. The molecule has 0 atom stereocenters.